The summed E-state index contributed by atoms with van der Waals surface area (Å²) in [4.78, 5) is 25.4. The highest BCUT2D eigenvalue weighted by molar-refractivity contribution is 5.72. The molecule has 16 heavy (non-hydrogen) atoms. The quantitative estimate of drug-likeness (QED) is 0.778. The SMILES string of the molecule is O=C(O)C1C2CCC(C2)C1n1cc[nH]c1=O. The zero-order valence-corrected chi connectivity index (χ0v) is 8.80. The van der Waals surface area contributed by atoms with E-state index in [0.29, 0.717) is 5.92 Å². The van der Waals surface area contributed by atoms with Crippen LogP contribution in [0, 0.1) is 17.8 Å². The van der Waals surface area contributed by atoms with Crippen LogP contribution in [-0.2, 0) is 4.79 Å². The van der Waals surface area contributed by atoms with E-state index in [2.05, 4.69) is 4.98 Å². The minimum Gasteiger partial charge on any atom is -0.481 e. The van der Waals surface area contributed by atoms with Crippen molar-refractivity contribution < 1.29 is 9.90 Å². The van der Waals surface area contributed by atoms with Crippen molar-refractivity contribution in [2.45, 2.75) is 25.3 Å². The van der Waals surface area contributed by atoms with Crippen molar-refractivity contribution in [2.24, 2.45) is 17.8 Å². The molecule has 0 radical (unpaired) electrons. The maximum Gasteiger partial charge on any atom is 0.325 e. The molecule has 5 heteroatoms. The average Bonchev–Trinajstić information content (AvgIpc) is 2.90. The van der Waals surface area contributed by atoms with Crippen molar-refractivity contribution in [1.82, 2.24) is 9.55 Å². The molecular weight excluding hydrogens is 208 g/mol. The Labute approximate surface area is 92.1 Å². The number of carboxylic acids is 1. The molecule has 0 aliphatic heterocycles. The molecule has 2 bridgehead atoms. The molecule has 0 spiro atoms. The first-order valence-corrected chi connectivity index (χ1v) is 5.67. The van der Waals surface area contributed by atoms with Crippen molar-refractivity contribution >= 4 is 5.97 Å². The molecule has 0 aromatic carbocycles. The lowest BCUT2D eigenvalue weighted by Gasteiger charge is -2.28. The van der Waals surface area contributed by atoms with Crippen LogP contribution in [0.1, 0.15) is 25.3 Å². The Hall–Kier alpha value is -1.52. The summed E-state index contributed by atoms with van der Waals surface area (Å²) >= 11 is 0. The van der Waals surface area contributed by atoms with Crippen LogP contribution in [0.3, 0.4) is 0 Å². The molecule has 1 heterocycles. The van der Waals surface area contributed by atoms with Crippen molar-refractivity contribution in [3.63, 3.8) is 0 Å². The number of nitrogens with zero attached hydrogens (tertiary/aromatic N) is 1. The fraction of sp³-hybridized carbons (Fsp3) is 0.636. The highest BCUT2D eigenvalue weighted by Gasteiger charge is 2.52. The number of carbonyl (C=O) groups is 1. The third kappa shape index (κ3) is 1.17. The summed E-state index contributed by atoms with van der Waals surface area (Å²) in [7, 11) is 0. The van der Waals surface area contributed by atoms with Gasteiger partial charge >= 0.3 is 11.7 Å². The molecule has 86 valence electrons. The lowest BCUT2D eigenvalue weighted by Crippen LogP contribution is -2.35. The van der Waals surface area contributed by atoms with Crippen LogP contribution in [0.2, 0.25) is 0 Å². The molecule has 1 aromatic heterocycles. The molecule has 2 N–H and O–H groups in total. The Balaban J connectivity index is 2.03. The molecule has 1 aromatic rings. The first-order chi connectivity index (χ1) is 7.68. The highest BCUT2D eigenvalue weighted by atomic mass is 16.4. The van der Waals surface area contributed by atoms with E-state index in [-0.39, 0.29) is 23.6 Å². The van der Waals surface area contributed by atoms with E-state index in [1.54, 1.807) is 17.0 Å². The van der Waals surface area contributed by atoms with Gasteiger partial charge in [0.15, 0.2) is 0 Å². The van der Waals surface area contributed by atoms with Crippen molar-refractivity contribution in [3.05, 3.63) is 22.9 Å². The van der Waals surface area contributed by atoms with E-state index in [9.17, 15) is 14.7 Å². The Morgan fingerprint density at radius 2 is 2.19 bits per heavy atom. The van der Waals surface area contributed by atoms with Gasteiger partial charge in [0.2, 0.25) is 0 Å². The van der Waals surface area contributed by atoms with Gasteiger partial charge < -0.3 is 10.1 Å². The summed E-state index contributed by atoms with van der Waals surface area (Å²) in [6, 6.07) is -0.144. The average molecular weight is 222 g/mol. The summed E-state index contributed by atoms with van der Waals surface area (Å²) in [5, 5.41) is 9.27. The first-order valence-electron chi connectivity index (χ1n) is 5.67. The zero-order chi connectivity index (χ0) is 11.3. The van der Waals surface area contributed by atoms with Crippen LogP contribution in [-0.4, -0.2) is 20.6 Å². The van der Waals surface area contributed by atoms with Crippen LogP contribution in [0.4, 0.5) is 0 Å². The second-order valence-electron chi connectivity index (χ2n) is 4.86. The molecule has 3 rings (SSSR count). The van der Waals surface area contributed by atoms with Crippen LogP contribution < -0.4 is 5.69 Å². The fourth-order valence-corrected chi connectivity index (χ4v) is 3.57. The maximum absolute atomic E-state index is 11.6. The van der Waals surface area contributed by atoms with Gasteiger partial charge in [-0.15, -0.1) is 0 Å². The predicted molar refractivity (Wildman–Crippen MR) is 56.0 cm³/mol. The maximum atomic E-state index is 11.6. The van der Waals surface area contributed by atoms with Crippen LogP contribution in [0.25, 0.3) is 0 Å². The number of H-pyrrole nitrogens is 1. The number of hydrogen-bond donors (Lipinski definition) is 2. The number of fused-ring (bicyclic) bond motifs is 2. The number of hydrogen-bond acceptors (Lipinski definition) is 2. The van der Waals surface area contributed by atoms with Gasteiger partial charge in [-0.3, -0.25) is 9.36 Å². The number of nitrogens with one attached hydrogen (secondary N) is 1. The van der Waals surface area contributed by atoms with Gasteiger partial charge in [-0.25, -0.2) is 4.79 Å². The predicted octanol–water partition coefficient (Wildman–Crippen LogP) is 0.848. The summed E-state index contributed by atoms with van der Waals surface area (Å²) in [6.45, 7) is 0. The van der Waals surface area contributed by atoms with E-state index in [4.69, 9.17) is 0 Å². The van der Waals surface area contributed by atoms with Crippen molar-refractivity contribution in [3.8, 4) is 0 Å². The van der Waals surface area contributed by atoms with Crippen molar-refractivity contribution in [2.75, 3.05) is 0 Å². The number of rotatable bonds is 2. The summed E-state index contributed by atoms with van der Waals surface area (Å²) in [5.74, 6) is -0.522. The van der Waals surface area contributed by atoms with Crippen LogP contribution in [0.15, 0.2) is 17.2 Å². The van der Waals surface area contributed by atoms with Gasteiger partial charge in [0.05, 0.1) is 12.0 Å². The summed E-state index contributed by atoms with van der Waals surface area (Å²) < 4.78 is 1.57. The van der Waals surface area contributed by atoms with Gasteiger partial charge in [-0.1, -0.05) is 0 Å². The topological polar surface area (TPSA) is 75.1 Å². The molecule has 5 nitrogen and oxygen atoms in total. The molecule has 2 aliphatic rings. The summed E-state index contributed by atoms with van der Waals surface area (Å²) in [6.07, 6.45) is 6.25. The van der Waals surface area contributed by atoms with Crippen molar-refractivity contribution in [1.29, 1.82) is 0 Å². The second-order valence-corrected chi connectivity index (χ2v) is 4.86. The van der Waals surface area contributed by atoms with E-state index in [1.807, 2.05) is 0 Å². The zero-order valence-electron chi connectivity index (χ0n) is 8.80. The van der Waals surface area contributed by atoms with E-state index in [1.165, 1.54) is 0 Å². The second kappa shape index (κ2) is 3.23. The lowest BCUT2D eigenvalue weighted by atomic mass is 9.84. The Morgan fingerprint density at radius 3 is 2.81 bits per heavy atom. The first kappa shape index (κ1) is 9.69. The third-order valence-electron chi connectivity index (χ3n) is 4.16. The van der Waals surface area contributed by atoms with Gasteiger partial charge in [0.25, 0.3) is 0 Å². The number of imidazole rings is 1. The Bertz CT molecular complexity index is 476. The van der Waals surface area contributed by atoms with E-state index < -0.39 is 5.97 Å². The normalized spacial score (nSPS) is 36.8. The van der Waals surface area contributed by atoms with Gasteiger partial charge in [0, 0.05) is 12.4 Å². The number of aliphatic carboxylic acids is 1. The van der Waals surface area contributed by atoms with E-state index >= 15 is 0 Å². The van der Waals surface area contributed by atoms with Crippen LogP contribution in [0.5, 0.6) is 0 Å². The number of carboxylic acid groups (broad SMARTS) is 1. The molecule has 2 aliphatic carbocycles. The highest BCUT2D eigenvalue weighted by Crippen LogP contribution is 2.54. The molecule has 2 fully saturated rings. The number of aromatic nitrogens is 2. The molecule has 0 amide bonds. The minimum atomic E-state index is -0.759. The molecule has 4 unspecified atom stereocenters. The molecule has 2 saturated carbocycles. The van der Waals surface area contributed by atoms with Gasteiger partial charge in [-0.2, -0.15) is 0 Å². The smallest absolute Gasteiger partial charge is 0.325 e. The Kier molecular flexibility index (Phi) is 1.96. The standard InChI is InChI=1S/C11H14N2O3/c14-10(15)8-6-1-2-7(5-6)9(8)13-4-3-12-11(13)16/h3-4,6-9H,1-2,5H2,(H,12,16)(H,14,15). The summed E-state index contributed by atoms with van der Waals surface area (Å²) in [5.41, 5.74) is -0.191. The largest absolute Gasteiger partial charge is 0.481 e. The minimum absolute atomic E-state index is 0.144. The third-order valence-corrected chi connectivity index (χ3v) is 4.16. The number of aromatic amines is 1. The van der Waals surface area contributed by atoms with Gasteiger partial charge in [0.1, 0.15) is 0 Å². The lowest BCUT2D eigenvalue weighted by molar-refractivity contribution is -0.145. The van der Waals surface area contributed by atoms with Gasteiger partial charge in [-0.05, 0) is 31.1 Å². The van der Waals surface area contributed by atoms with E-state index in [0.717, 1.165) is 19.3 Å². The molecule has 4 atom stereocenters. The fourth-order valence-electron chi connectivity index (χ4n) is 3.57. The van der Waals surface area contributed by atoms with Crippen LogP contribution >= 0.6 is 0 Å². The Morgan fingerprint density at radius 1 is 1.44 bits per heavy atom. The molecule has 0 saturated heterocycles. The molecular formula is C11H14N2O3. The monoisotopic (exact) mass is 222 g/mol.